The van der Waals surface area contributed by atoms with E-state index >= 15 is 0 Å². The summed E-state index contributed by atoms with van der Waals surface area (Å²) in [6.07, 6.45) is 1.92. The number of aromatic nitrogens is 3. The van der Waals surface area contributed by atoms with Gasteiger partial charge in [-0.25, -0.2) is 9.89 Å². The first kappa shape index (κ1) is 13.8. The van der Waals surface area contributed by atoms with E-state index in [0.717, 1.165) is 12.8 Å². The lowest BCUT2D eigenvalue weighted by molar-refractivity contribution is -0.119. The fourth-order valence-electron chi connectivity index (χ4n) is 1.32. The number of unbranched alkanes of at least 4 members (excludes halogenated alkanes) is 1. The number of hydrogen-bond acceptors (Lipinski definition) is 4. The molecule has 0 aliphatic carbocycles. The van der Waals surface area contributed by atoms with Gasteiger partial charge in [-0.15, -0.1) is 5.10 Å². The Morgan fingerprint density at radius 1 is 1.65 bits per heavy atom. The molecule has 0 aromatic carbocycles. The number of thioether (sulfide) groups is 1. The van der Waals surface area contributed by atoms with Gasteiger partial charge < -0.3 is 5.32 Å². The maximum atomic E-state index is 11.5. The molecule has 1 rings (SSSR count). The van der Waals surface area contributed by atoms with Crippen molar-refractivity contribution in [2.45, 2.75) is 43.6 Å². The van der Waals surface area contributed by atoms with Gasteiger partial charge in [0.1, 0.15) is 0 Å². The highest BCUT2D eigenvalue weighted by Crippen LogP contribution is 2.19. The van der Waals surface area contributed by atoms with Crippen LogP contribution in [0.15, 0.2) is 9.95 Å². The lowest BCUT2D eigenvalue weighted by atomic mass is 10.3. The van der Waals surface area contributed by atoms with Crippen LogP contribution in [0, 0.1) is 0 Å². The molecule has 1 amide bonds. The lowest BCUT2D eigenvalue weighted by Gasteiger charge is -2.09. The minimum Gasteiger partial charge on any atom is -0.358 e. The molecule has 0 aliphatic rings. The molecule has 0 saturated carbocycles. The van der Waals surface area contributed by atoms with Gasteiger partial charge in [0.2, 0.25) is 5.91 Å². The topological polar surface area (TPSA) is 79.8 Å². The molecule has 1 atom stereocenters. The Balaban J connectivity index is 2.77. The van der Waals surface area contributed by atoms with Gasteiger partial charge in [-0.05, 0) is 13.3 Å². The third kappa shape index (κ3) is 3.62. The summed E-state index contributed by atoms with van der Waals surface area (Å²) in [7, 11) is 1.59. The highest BCUT2D eigenvalue weighted by molar-refractivity contribution is 8.00. The van der Waals surface area contributed by atoms with Crippen LogP contribution in [-0.2, 0) is 11.3 Å². The van der Waals surface area contributed by atoms with Crippen LogP contribution in [0.1, 0.15) is 26.7 Å². The molecule has 96 valence electrons. The average molecular weight is 258 g/mol. The third-order valence-corrected chi connectivity index (χ3v) is 3.45. The van der Waals surface area contributed by atoms with Gasteiger partial charge in [-0.1, -0.05) is 25.1 Å². The maximum absolute atomic E-state index is 11.5. The zero-order valence-corrected chi connectivity index (χ0v) is 11.1. The fraction of sp³-hybridized carbons (Fsp3) is 0.700. The lowest BCUT2D eigenvalue weighted by Crippen LogP contribution is -2.27. The van der Waals surface area contributed by atoms with Crippen LogP contribution in [0.5, 0.6) is 0 Å². The van der Waals surface area contributed by atoms with E-state index in [1.807, 2.05) is 0 Å². The Morgan fingerprint density at radius 2 is 2.35 bits per heavy atom. The molecule has 0 spiro atoms. The highest BCUT2D eigenvalue weighted by atomic mass is 32.2. The van der Waals surface area contributed by atoms with Gasteiger partial charge >= 0.3 is 5.69 Å². The van der Waals surface area contributed by atoms with Crippen LogP contribution in [0.2, 0.25) is 0 Å². The van der Waals surface area contributed by atoms with E-state index in [0.29, 0.717) is 11.7 Å². The fourth-order valence-corrected chi connectivity index (χ4v) is 2.26. The molecule has 0 unspecified atom stereocenters. The first-order valence-corrected chi connectivity index (χ1v) is 6.51. The van der Waals surface area contributed by atoms with Crippen molar-refractivity contribution >= 4 is 17.7 Å². The number of nitrogens with one attached hydrogen (secondary N) is 2. The monoisotopic (exact) mass is 258 g/mol. The Morgan fingerprint density at radius 3 is 2.94 bits per heavy atom. The van der Waals surface area contributed by atoms with E-state index in [4.69, 9.17) is 0 Å². The Bertz CT molecular complexity index is 426. The van der Waals surface area contributed by atoms with Crippen molar-refractivity contribution in [2.75, 3.05) is 7.05 Å². The van der Waals surface area contributed by atoms with Crippen LogP contribution in [-0.4, -0.2) is 33.0 Å². The molecule has 7 heteroatoms. The zero-order valence-electron chi connectivity index (χ0n) is 10.3. The first-order chi connectivity index (χ1) is 8.10. The SMILES string of the molecule is CCCCn1c(S[C@@H](C)C(=O)NC)n[nH]c1=O. The van der Waals surface area contributed by atoms with Gasteiger partial charge in [-0.3, -0.25) is 9.36 Å². The number of amides is 1. The van der Waals surface area contributed by atoms with Crippen molar-refractivity contribution in [3.63, 3.8) is 0 Å². The van der Waals surface area contributed by atoms with Crippen LogP contribution < -0.4 is 11.0 Å². The molecular weight excluding hydrogens is 240 g/mol. The Hall–Kier alpha value is -1.24. The number of H-pyrrole nitrogens is 1. The molecule has 0 aliphatic heterocycles. The van der Waals surface area contributed by atoms with Crippen LogP contribution in [0.3, 0.4) is 0 Å². The molecule has 2 N–H and O–H groups in total. The standard InChI is InChI=1S/C10H18N4O2S/c1-4-5-6-14-9(16)12-13-10(14)17-7(2)8(15)11-3/h7H,4-6H2,1-3H3,(H,11,15)(H,12,16)/t7-/m0/s1. The number of aromatic amines is 1. The summed E-state index contributed by atoms with van der Waals surface area (Å²) in [6.45, 7) is 4.48. The van der Waals surface area contributed by atoms with Crippen molar-refractivity contribution in [2.24, 2.45) is 0 Å². The molecule has 6 nitrogen and oxygen atoms in total. The van der Waals surface area contributed by atoms with Gasteiger partial charge in [-0.2, -0.15) is 0 Å². The van der Waals surface area contributed by atoms with Crippen molar-refractivity contribution < 1.29 is 4.79 Å². The Labute approximate surface area is 104 Å². The number of nitrogens with zero attached hydrogens (tertiary/aromatic N) is 2. The van der Waals surface area contributed by atoms with E-state index in [2.05, 4.69) is 22.4 Å². The second-order valence-corrected chi connectivity index (χ2v) is 5.00. The van der Waals surface area contributed by atoms with Crippen LogP contribution >= 0.6 is 11.8 Å². The average Bonchev–Trinajstić information content (AvgIpc) is 2.66. The summed E-state index contributed by atoms with van der Waals surface area (Å²) in [6, 6.07) is 0. The quantitative estimate of drug-likeness (QED) is 0.732. The Kier molecular flexibility index (Phi) is 5.27. The predicted molar refractivity (Wildman–Crippen MR) is 67.1 cm³/mol. The van der Waals surface area contributed by atoms with Crippen molar-refractivity contribution in [1.29, 1.82) is 0 Å². The van der Waals surface area contributed by atoms with Gasteiger partial charge in [0.15, 0.2) is 5.16 Å². The molecule has 0 radical (unpaired) electrons. The van der Waals surface area contributed by atoms with Crippen molar-refractivity contribution in [3.8, 4) is 0 Å². The molecule has 0 bridgehead atoms. The molecule has 0 saturated heterocycles. The first-order valence-electron chi connectivity index (χ1n) is 5.63. The molecule has 0 fully saturated rings. The van der Waals surface area contributed by atoms with Gasteiger partial charge in [0.25, 0.3) is 0 Å². The van der Waals surface area contributed by atoms with Gasteiger partial charge in [0, 0.05) is 13.6 Å². The minimum atomic E-state index is -0.268. The second kappa shape index (κ2) is 6.48. The summed E-state index contributed by atoms with van der Waals surface area (Å²) in [4.78, 5) is 22.9. The molecule has 1 heterocycles. The molecule has 17 heavy (non-hydrogen) atoms. The number of carbonyl (C=O) groups is 1. The summed E-state index contributed by atoms with van der Waals surface area (Å²) < 4.78 is 1.58. The summed E-state index contributed by atoms with van der Waals surface area (Å²) in [5.41, 5.74) is -0.218. The molecular formula is C10H18N4O2S. The van der Waals surface area contributed by atoms with Crippen LogP contribution in [0.4, 0.5) is 0 Å². The largest absolute Gasteiger partial charge is 0.358 e. The van der Waals surface area contributed by atoms with E-state index < -0.39 is 0 Å². The minimum absolute atomic E-state index is 0.0764. The third-order valence-electron chi connectivity index (χ3n) is 2.36. The molecule has 1 aromatic rings. The van der Waals surface area contributed by atoms with E-state index in [-0.39, 0.29) is 16.8 Å². The van der Waals surface area contributed by atoms with Crippen molar-refractivity contribution in [1.82, 2.24) is 20.1 Å². The van der Waals surface area contributed by atoms with E-state index in [9.17, 15) is 9.59 Å². The van der Waals surface area contributed by atoms with Crippen molar-refractivity contribution in [3.05, 3.63) is 10.5 Å². The highest BCUT2D eigenvalue weighted by Gasteiger charge is 2.17. The van der Waals surface area contributed by atoms with Gasteiger partial charge in [0.05, 0.1) is 5.25 Å². The second-order valence-electron chi connectivity index (χ2n) is 3.69. The smallest absolute Gasteiger partial charge is 0.343 e. The normalized spacial score (nSPS) is 12.4. The number of rotatable bonds is 6. The van der Waals surface area contributed by atoms with E-state index in [1.54, 1.807) is 18.5 Å². The number of carbonyl (C=O) groups excluding carboxylic acids is 1. The van der Waals surface area contributed by atoms with Crippen LogP contribution in [0.25, 0.3) is 0 Å². The number of hydrogen-bond donors (Lipinski definition) is 2. The van der Waals surface area contributed by atoms with E-state index in [1.165, 1.54) is 11.8 Å². The summed E-state index contributed by atoms with van der Waals surface area (Å²) in [5, 5.41) is 9.22. The summed E-state index contributed by atoms with van der Waals surface area (Å²) in [5.74, 6) is -0.0764. The zero-order chi connectivity index (χ0) is 12.8. The maximum Gasteiger partial charge on any atom is 0.343 e. The predicted octanol–water partition coefficient (Wildman–Crippen LogP) is 0.598. The molecule has 1 aromatic heterocycles. The summed E-state index contributed by atoms with van der Waals surface area (Å²) >= 11 is 1.28.